The molecule has 1 aliphatic heterocycles. The number of carbonyl (C=O) groups excluding carboxylic acids is 1. The van der Waals surface area contributed by atoms with Crippen LogP contribution in [-0.2, 0) is 6.54 Å². The minimum Gasteiger partial charge on any atom is -0.454 e. The lowest BCUT2D eigenvalue weighted by Crippen LogP contribution is -2.19. The van der Waals surface area contributed by atoms with Crippen LogP contribution in [0.4, 0.5) is 5.69 Å². The summed E-state index contributed by atoms with van der Waals surface area (Å²) < 4.78 is 12.6. The molecule has 1 N–H and O–H groups in total. The van der Waals surface area contributed by atoms with Crippen molar-refractivity contribution in [1.29, 1.82) is 0 Å². The van der Waals surface area contributed by atoms with Crippen molar-refractivity contribution in [3.63, 3.8) is 0 Å². The largest absolute Gasteiger partial charge is 0.454 e. The number of carbonyl (C=O) groups is 1. The zero-order valence-electron chi connectivity index (χ0n) is 15.3. The van der Waals surface area contributed by atoms with Gasteiger partial charge in [-0.05, 0) is 45.3 Å². The molecule has 0 bridgehead atoms. The first-order chi connectivity index (χ1) is 14.5. The first-order valence-corrected chi connectivity index (χ1v) is 9.48. The molecule has 2 aromatic carbocycles. The molecule has 152 valence electrons. The van der Waals surface area contributed by atoms with Gasteiger partial charge in [0.2, 0.25) is 6.79 Å². The fraction of sp³-hybridized carbons (Fsp3) is 0.105. The topological polar surface area (TPSA) is 121 Å². The summed E-state index contributed by atoms with van der Waals surface area (Å²) in [6, 6.07) is 11.4. The van der Waals surface area contributed by atoms with Crippen LogP contribution in [0, 0.1) is 10.1 Å². The molecule has 0 atom stereocenters. The van der Waals surface area contributed by atoms with Gasteiger partial charge in [-0.3, -0.25) is 19.6 Å². The molecular formula is C19H14BrN5O5. The van der Waals surface area contributed by atoms with Crippen molar-refractivity contribution in [3.05, 3.63) is 80.1 Å². The minimum absolute atomic E-state index is 0.0146. The monoisotopic (exact) mass is 471 g/mol. The molecule has 0 aliphatic carbocycles. The molecule has 11 heteroatoms. The van der Waals surface area contributed by atoms with Gasteiger partial charge in [0.15, 0.2) is 17.2 Å². The first-order valence-electron chi connectivity index (χ1n) is 8.69. The predicted molar refractivity (Wildman–Crippen MR) is 110 cm³/mol. The van der Waals surface area contributed by atoms with Gasteiger partial charge in [0.25, 0.3) is 11.6 Å². The number of ether oxygens (including phenoxy) is 2. The van der Waals surface area contributed by atoms with E-state index in [2.05, 4.69) is 31.6 Å². The molecule has 0 fully saturated rings. The third-order valence-corrected chi connectivity index (χ3v) is 4.78. The fourth-order valence-corrected chi connectivity index (χ4v) is 3.25. The first kappa shape index (κ1) is 19.6. The van der Waals surface area contributed by atoms with Crippen molar-refractivity contribution in [1.82, 2.24) is 15.2 Å². The molecule has 2 heterocycles. The molecule has 0 saturated carbocycles. The Morgan fingerprint density at radius 1 is 1.27 bits per heavy atom. The number of nitrogens with zero attached hydrogens (tertiary/aromatic N) is 4. The number of hydrogen-bond acceptors (Lipinski definition) is 7. The molecule has 1 aliphatic rings. The fourth-order valence-electron chi connectivity index (χ4n) is 2.75. The molecular weight excluding hydrogens is 458 g/mol. The number of non-ortho nitro benzene ring substituents is 1. The second-order valence-corrected chi connectivity index (χ2v) is 7.11. The highest BCUT2D eigenvalue weighted by atomic mass is 79.9. The number of amides is 1. The SMILES string of the molecule is O=C(N/N=C/c1ccc2c(c1)OCO2)c1nn(Cc2ccc([N+](=O)[O-])cc2)cc1Br. The number of rotatable bonds is 6. The van der Waals surface area contributed by atoms with E-state index >= 15 is 0 Å². The van der Waals surface area contributed by atoms with E-state index in [-0.39, 0.29) is 18.2 Å². The number of nitro benzene ring substituents is 1. The average molecular weight is 472 g/mol. The Morgan fingerprint density at radius 2 is 2.03 bits per heavy atom. The Hall–Kier alpha value is -3.73. The molecule has 0 saturated heterocycles. The lowest BCUT2D eigenvalue weighted by atomic mass is 10.2. The molecule has 3 aromatic rings. The number of aromatic nitrogens is 2. The van der Waals surface area contributed by atoms with Gasteiger partial charge in [0.05, 0.1) is 22.2 Å². The van der Waals surface area contributed by atoms with Crippen LogP contribution < -0.4 is 14.9 Å². The second-order valence-electron chi connectivity index (χ2n) is 6.26. The van der Waals surface area contributed by atoms with Crippen molar-refractivity contribution in [3.8, 4) is 11.5 Å². The van der Waals surface area contributed by atoms with Crippen molar-refractivity contribution >= 4 is 33.7 Å². The Morgan fingerprint density at radius 3 is 2.80 bits per heavy atom. The number of nitro groups is 1. The molecule has 0 spiro atoms. The highest BCUT2D eigenvalue weighted by Crippen LogP contribution is 2.31. The zero-order chi connectivity index (χ0) is 21.1. The van der Waals surface area contributed by atoms with E-state index in [1.165, 1.54) is 18.3 Å². The molecule has 30 heavy (non-hydrogen) atoms. The van der Waals surface area contributed by atoms with Crippen LogP contribution in [0.5, 0.6) is 11.5 Å². The van der Waals surface area contributed by atoms with Crippen molar-refractivity contribution in [2.45, 2.75) is 6.54 Å². The van der Waals surface area contributed by atoms with Crippen LogP contribution >= 0.6 is 15.9 Å². The Kier molecular flexibility index (Phi) is 5.44. The summed E-state index contributed by atoms with van der Waals surface area (Å²) in [6.07, 6.45) is 3.14. The molecule has 0 radical (unpaired) electrons. The van der Waals surface area contributed by atoms with Gasteiger partial charge in [0.1, 0.15) is 0 Å². The Bertz CT molecular complexity index is 1140. The van der Waals surface area contributed by atoms with Gasteiger partial charge in [-0.25, -0.2) is 5.43 Å². The molecule has 1 amide bonds. The van der Waals surface area contributed by atoms with E-state index < -0.39 is 10.8 Å². The van der Waals surface area contributed by atoms with Gasteiger partial charge >= 0.3 is 0 Å². The average Bonchev–Trinajstić information content (AvgIpc) is 3.34. The van der Waals surface area contributed by atoms with E-state index in [1.54, 1.807) is 41.2 Å². The predicted octanol–water partition coefficient (Wildman–Crippen LogP) is 3.09. The molecule has 4 rings (SSSR count). The zero-order valence-corrected chi connectivity index (χ0v) is 16.9. The van der Waals surface area contributed by atoms with Gasteiger partial charge in [-0.15, -0.1) is 0 Å². The maximum Gasteiger partial charge on any atom is 0.293 e. The van der Waals surface area contributed by atoms with E-state index in [4.69, 9.17) is 9.47 Å². The van der Waals surface area contributed by atoms with Gasteiger partial charge in [-0.2, -0.15) is 10.2 Å². The van der Waals surface area contributed by atoms with E-state index in [0.717, 1.165) is 11.1 Å². The summed E-state index contributed by atoms with van der Waals surface area (Å²) in [5.74, 6) is 0.804. The molecule has 10 nitrogen and oxygen atoms in total. The smallest absolute Gasteiger partial charge is 0.293 e. The summed E-state index contributed by atoms with van der Waals surface area (Å²) in [5, 5.41) is 18.9. The van der Waals surface area contributed by atoms with Gasteiger partial charge in [-0.1, -0.05) is 12.1 Å². The minimum atomic E-state index is -0.485. The van der Waals surface area contributed by atoms with E-state index in [9.17, 15) is 14.9 Å². The van der Waals surface area contributed by atoms with Crippen LogP contribution in [0.2, 0.25) is 0 Å². The number of benzene rings is 2. The third-order valence-electron chi connectivity index (χ3n) is 4.20. The van der Waals surface area contributed by atoms with Crippen molar-refractivity contribution in [2.24, 2.45) is 5.10 Å². The second kappa shape index (κ2) is 8.33. The Balaban J connectivity index is 1.39. The summed E-state index contributed by atoms with van der Waals surface area (Å²) >= 11 is 3.32. The van der Waals surface area contributed by atoms with Crippen LogP contribution in [0.15, 0.2) is 58.2 Å². The molecule has 0 unspecified atom stereocenters. The highest BCUT2D eigenvalue weighted by Gasteiger charge is 2.16. The van der Waals surface area contributed by atoms with Crippen LogP contribution in [0.3, 0.4) is 0 Å². The summed E-state index contributed by atoms with van der Waals surface area (Å²) in [7, 11) is 0. The third kappa shape index (κ3) is 4.30. The maximum atomic E-state index is 12.4. The summed E-state index contributed by atoms with van der Waals surface area (Å²) in [4.78, 5) is 22.7. The quantitative estimate of drug-likeness (QED) is 0.335. The lowest BCUT2D eigenvalue weighted by Gasteiger charge is -2.01. The number of nitrogens with one attached hydrogen (secondary N) is 1. The van der Waals surface area contributed by atoms with Gasteiger partial charge in [0, 0.05) is 18.3 Å². The van der Waals surface area contributed by atoms with Crippen molar-refractivity contribution in [2.75, 3.05) is 6.79 Å². The highest BCUT2D eigenvalue weighted by molar-refractivity contribution is 9.10. The number of hydrogen-bond donors (Lipinski definition) is 1. The summed E-state index contributed by atoms with van der Waals surface area (Å²) in [6.45, 7) is 0.535. The number of fused-ring (bicyclic) bond motifs is 1. The summed E-state index contributed by atoms with van der Waals surface area (Å²) in [5.41, 5.74) is 4.16. The maximum absolute atomic E-state index is 12.4. The van der Waals surface area contributed by atoms with Crippen LogP contribution in [-0.4, -0.2) is 33.6 Å². The van der Waals surface area contributed by atoms with Crippen molar-refractivity contribution < 1.29 is 19.2 Å². The standard InChI is InChI=1S/C19H14BrN5O5/c20-15-10-24(9-12-1-4-14(5-2-12)25(27)28)23-18(15)19(26)22-21-8-13-3-6-16-17(7-13)30-11-29-16/h1-8,10H,9,11H2,(H,22,26)/b21-8+. The Labute approximate surface area is 178 Å². The van der Waals surface area contributed by atoms with Crippen LogP contribution in [0.25, 0.3) is 0 Å². The number of halogens is 1. The molecule has 1 aromatic heterocycles. The van der Waals surface area contributed by atoms with Gasteiger partial charge < -0.3 is 9.47 Å². The van der Waals surface area contributed by atoms with E-state index in [1.807, 2.05) is 0 Å². The van der Waals surface area contributed by atoms with Crippen LogP contribution in [0.1, 0.15) is 21.6 Å². The number of hydrazone groups is 1. The van der Waals surface area contributed by atoms with E-state index in [0.29, 0.717) is 22.5 Å². The lowest BCUT2D eigenvalue weighted by molar-refractivity contribution is -0.384. The normalized spacial score (nSPS) is 12.3.